The molecule has 4 nitrogen and oxygen atoms in total. The fraction of sp³-hybridized carbons (Fsp3) is 0.391. The SMILES string of the molecule is CC(C)c1cc(C(F)(F)C(F)(F)[Si](C)(C)C)cc(C(C)C)c1-c1ccnc(-c2[c-]c(-c3cccc4c3nc(-c3cc(C(C)(C)C)cc(C(C)(C)C)c3O)n4-c3ccc(C(C)(C)C)cc3-c3ccccc3)cc(C(C)(C)C)c2)c1.[Pt]. The quantitative estimate of drug-likeness (QED) is 0.0798. The van der Waals surface area contributed by atoms with Crippen molar-refractivity contribution >= 4 is 19.1 Å². The average molecular weight is 1270 g/mol. The van der Waals surface area contributed by atoms with Gasteiger partial charge in [-0.05, 0) is 115 Å². The number of phenolic OH excluding ortho intramolecular Hbond substituents is 1. The van der Waals surface area contributed by atoms with Crippen LogP contribution in [0.5, 0.6) is 5.75 Å². The zero-order valence-electron chi connectivity index (χ0n) is 49.8. The fourth-order valence-corrected chi connectivity index (χ4v) is 11.5. The molecule has 2 heterocycles. The van der Waals surface area contributed by atoms with E-state index in [-0.39, 0.29) is 54.9 Å². The van der Waals surface area contributed by atoms with Gasteiger partial charge >= 0.3 is 5.92 Å². The van der Waals surface area contributed by atoms with Crippen LogP contribution in [0.25, 0.3) is 72.7 Å². The minimum Gasteiger partial charge on any atom is -0.507 e. The summed E-state index contributed by atoms with van der Waals surface area (Å²) in [5.41, 5.74) is 8.97. The number of para-hydroxylation sites is 1. The molecule has 10 heteroatoms. The molecule has 6 aromatic carbocycles. The number of alkyl halides is 4. The molecule has 8 rings (SSSR count). The first-order valence-corrected chi connectivity index (χ1v) is 31.0. The van der Waals surface area contributed by atoms with Gasteiger partial charge in [-0.25, -0.2) is 13.8 Å². The number of halogens is 4. The number of nitrogens with zero attached hydrogens (tertiary/aromatic N) is 3. The molecular formula is C69H80F4N3OPtSi-. The molecule has 1 N–H and O–H groups in total. The summed E-state index contributed by atoms with van der Waals surface area (Å²) in [5, 5.41) is 12.7. The minimum atomic E-state index is -4.36. The zero-order valence-corrected chi connectivity index (χ0v) is 53.1. The van der Waals surface area contributed by atoms with E-state index in [4.69, 9.17) is 9.97 Å². The Hall–Kier alpha value is -5.63. The number of hydrogen-bond donors (Lipinski definition) is 1. The van der Waals surface area contributed by atoms with Crippen LogP contribution < -0.4 is 0 Å². The summed E-state index contributed by atoms with van der Waals surface area (Å²) in [4.78, 5) is 10.6. The maximum Gasteiger partial charge on any atom is 0.331 e. The summed E-state index contributed by atoms with van der Waals surface area (Å²) in [6.07, 6.45) is 1.73. The molecule has 8 aromatic rings. The standard InChI is InChI=1S/C69H80F4N3OSi.Pt/c1-41(2)52-38-50(68(70,71)69(72,73)78(17,18)19)39-53(42(3)4)60(52)44-30-31-74-57(35-44)46-32-45(33-48(34-46)65(8,9)10)51-26-23-27-59-61(51)75-63(55-37-49(66(11,12)13)40-56(62(55)77)67(14,15)16)76(59)58-29-28-47(64(5,6)7)36-54(58)43-24-21-20-22-25-43;/h20-31,33-42,77H,1-19H3;/q-1;. The molecule has 0 amide bonds. The van der Waals surface area contributed by atoms with Gasteiger partial charge < -0.3 is 5.11 Å². The van der Waals surface area contributed by atoms with Crippen LogP contribution >= 0.6 is 0 Å². The molecule has 0 unspecified atom stereocenters. The molecular weight excluding hydrogens is 1190 g/mol. The van der Waals surface area contributed by atoms with Crippen molar-refractivity contribution < 1.29 is 43.7 Å². The number of imidazole rings is 1. The Kier molecular flexibility index (Phi) is 16.5. The molecule has 0 fully saturated rings. The number of phenols is 1. The third-order valence-electron chi connectivity index (χ3n) is 15.4. The van der Waals surface area contributed by atoms with Crippen molar-refractivity contribution in [1.82, 2.24) is 14.5 Å². The number of rotatable bonds is 11. The first-order valence-electron chi connectivity index (χ1n) is 27.5. The van der Waals surface area contributed by atoms with E-state index in [1.54, 1.807) is 6.20 Å². The van der Waals surface area contributed by atoms with Crippen molar-refractivity contribution in [2.45, 2.75) is 175 Å². The third-order valence-corrected chi connectivity index (χ3v) is 17.6. The summed E-state index contributed by atoms with van der Waals surface area (Å²) >= 11 is 0. The van der Waals surface area contributed by atoms with Gasteiger partial charge in [-0.1, -0.05) is 202 Å². The number of benzene rings is 6. The Morgan fingerprint density at radius 3 is 1.65 bits per heavy atom. The van der Waals surface area contributed by atoms with Crippen molar-refractivity contribution in [2.24, 2.45) is 0 Å². The Morgan fingerprint density at radius 1 is 0.544 bits per heavy atom. The van der Waals surface area contributed by atoms with Gasteiger partial charge in [-0.15, -0.1) is 29.3 Å². The van der Waals surface area contributed by atoms with E-state index in [0.29, 0.717) is 28.2 Å². The van der Waals surface area contributed by atoms with Crippen LogP contribution in [-0.4, -0.2) is 33.3 Å². The molecule has 0 saturated heterocycles. The van der Waals surface area contributed by atoms with E-state index in [1.807, 2.05) is 45.9 Å². The van der Waals surface area contributed by atoms with Gasteiger partial charge in [0.2, 0.25) is 0 Å². The van der Waals surface area contributed by atoms with Gasteiger partial charge in [0.1, 0.15) is 19.6 Å². The Balaban J connectivity index is 0.00000903. The maximum atomic E-state index is 16.3. The third kappa shape index (κ3) is 11.7. The van der Waals surface area contributed by atoms with Crippen molar-refractivity contribution in [2.75, 3.05) is 0 Å². The first kappa shape index (κ1) is 61.0. The minimum absolute atomic E-state index is 0. The molecule has 420 valence electrons. The van der Waals surface area contributed by atoms with E-state index in [0.717, 1.165) is 72.4 Å². The van der Waals surface area contributed by atoms with Crippen molar-refractivity contribution in [1.29, 1.82) is 0 Å². The molecule has 0 aliphatic heterocycles. The summed E-state index contributed by atoms with van der Waals surface area (Å²) in [6, 6.07) is 42.1. The second kappa shape index (κ2) is 21.4. The van der Waals surface area contributed by atoms with Gasteiger partial charge in [0.05, 0.1) is 22.3 Å². The topological polar surface area (TPSA) is 50.9 Å². The van der Waals surface area contributed by atoms with Crippen LogP contribution in [0.15, 0.2) is 121 Å². The molecule has 0 bridgehead atoms. The maximum absolute atomic E-state index is 16.3. The molecule has 0 aliphatic rings. The largest absolute Gasteiger partial charge is 0.507 e. The van der Waals surface area contributed by atoms with Crippen molar-refractivity contribution in [3.63, 3.8) is 0 Å². The molecule has 2 aromatic heterocycles. The second-order valence-electron chi connectivity index (χ2n) is 27.3. The molecule has 79 heavy (non-hydrogen) atoms. The van der Waals surface area contributed by atoms with Crippen molar-refractivity contribution in [3.8, 4) is 67.5 Å². The van der Waals surface area contributed by atoms with E-state index in [2.05, 4.69) is 179 Å². The predicted octanol–water partition coefficient (Wildman–Crippen LogP) is 20.3. The Bertz CT molecular complexity index is 3530. The summed E-state index contributed by atoms with van der Waals surface area (Å²) in [5.74, 6) is -4.11. The van der Waals surface area contributed by atoms with Crippen LogP contribution in [0, 0.1) is 6.07 Å². The average Bonchev–Trinajstić information content (AvgIpc) is 3.91. The number of fused-ring (bicyclic) bond motifs is 1. The molecule has 0 saturated carbocycles. The predicted molar refractivity (Wildman–Crippen MR) is 322 cm³/mol. The first-order chi connectivity index (χ1) is 35.9. The molecule has 0 atom stereocenters. The summed E-state index contributed by atoms with van der Waals surface area (Å²) in [7, 11) is -3.66. The van der Waals surface area contributed by atoms with Crippen molar-refractivity contribution in [3.05, 3.63) is 166 Å². The summed E-state index contributed by atoms with van der Waals surface area (Å²) in [6.45, 7) is 37.7. The smallest absolute Gasteiger partial charge is 0.331 e. The second-order valence-corrected chi connectivity index (χ2v) is 32.5. The van der Waals surface area contributed by atoms with Gasteiger partial charge in [0.15, 0.2) is 0 Å². The molecule has 0 spiro atoms. The molecule has 0 aliphatic carbocycles. The van der Waals surface area contributed by atoms with Gasteiger partial charge in [-0.2, -0.15) is 8.78 Å². The van der Waals surface area contributed by atoms with Gasteiger partial charge in [0.25, 0.3) is 5.55 Å². The number of aromatic hydroxyl groups is 1. The van der Waals surface area contributed by atoms with E-state index >= 15 is 17.6 Å². The number of aromatic nitrogens is 3. The zero-order chi connectivity index (χ0) is 57.6. The van der Waals surface area contributed by atoms with Crippen LogP contribution in [0.4, 0.5) is 17.6 Å². The Morgan fingerprint density at radius 2 is 1.10 bits per heavy atom. The van der Waals surface area contributed by atoms with E-state index < -0.39 is 30.5 Å². The van der Waals surface area contributed by atoms with Crippen LogP contribution in [0.3, 0.4) is 0 Å². The van der Waals surface area contributed by atoms with Crippen LogP contribution in [0.1, 0.15) is 162 Å². The van der Waals surface area contributed by atoms with Crippen LogP contribution in [-0.2, 0) is 48.6 Å². The normalized spacial score (nSPS) is 13.2. The molecule has 0 radical (unpaired) electrons. The van der Waals surface area contributed by atoms with E-state index in [1.165, 1.54) is 37.3 Å². The van der Waals surface area contributed by atoms with Crippen LogP contribution in [0.2, 0.25) is 19.6 Å². The summed E-state index contributed by atoms with van der Waals surface area (Å²) < 4.78 is 66.3. The van der Waals surface area contributed by atoms with Gasteiger partial charge in [-0.3, -0.25) is 9.55 Å². The Labute approximate surface area is 483 Å². The fourth-order valence-electron chi connectivity index (χ4n) is 10.4. The monoisotopic (exact) mass is 1270 g/mol. The number of hydrogen-bond acceptors (Lipinski definition) is 3. The van der Waals surface area contributed by atoms with E-state index in [9.17, 15) is 5.11 Å². The number of pyridine rings is 1. The van der Waals surface area contributed by atoms with Gasteiger partial charge in [0, 0.05) is 49.6 Å².